The van der Waals surface area contributed by atoms with E-state index in [4.69, 9.17) is 4.42 Å². The van der Waals surface area contributed by atoms with Gasteiger partial charge in [0.25, 0.3) is 20.2 Å². The van der Waals surface area contributed by atoms with Gasteiger partial charge in [0.15, 0.2) is 5.88 Å². The van der Waals surface area contributed by atoms with E-state index in [1.807, 2.05) is 72.8 Å². The summed E-state index contributed by atoms with van der Waals surface area (Å²) in [6, 6.07) is 34.7. The second-order valence-corrected chi connectivity index (χ2v) is 16.2. The Hall–Kier alpha value is -4.11. The van der Waals surface area contributed by atoms with E-state index in [0.29, 0.717) is 52.7 Å². The van der Waals surface area contributed by atoms with Gasteiger partial charge in [-0.15, -0.1) is 11.8 Å². The molecule has 2 N–H and O–H groups in total. The molecule has 4 aromatic carbocycles. The first-order valence-electron chi connectivity index (χ1n) is 15.7. The lowest BCUT2D eigenvalue weighted by atomic mass is 9.93. The molecule has 0 atom stereocenters. The first-order chi connectivity index (χ1) is 24.0. The molecule has 13 heteroatoms. The summed E-state index contributed by atoms with van der Waals surface area (Å²) in [5.74, 6) is 1.81. The van der Waals surface area contributed by atoms with Gasteiger partial charge in [-0.1, -0.05) is 54.2 Å². The van der Waals surface area contributed by atoms with Crippen molar-refractivity contribution in [1.82, 2.24) is 4.58 Å². The van der Waals surface area contributed by atoms with Crippen LogP contribution in [0.5, 0.6) is 0 Å². The van der Waals surface area contributed by atoms with Crippen LogP contribution in [0.1, 0.15) is 13.8 Å². The fourth-order valence-corrected chi connectivity index (χ4v) is 8.95. The fraction of sp³-hybridized carbons (Fsp3) is 0.162. The molecule has 6 rings (SSSR count). The quantitative estimate of drug-likeness (QED) is 0.0421. The Morgan fingerprint density at radius 3 is 2.00 bits per heavy atom. The molecule has 0 unspecified atom stereocenters. The molecule has 0 radical (unpaired) electrons. The average Bonchev–Trinajstić information content (AvgIpc) is 3.11. The summed E-state index contributed by atoms with van der Waals surface area (Å²) in [6.45, 7) is 5.55. The minimum absolute atomic E-state index is 0.0603. The standard InChI is InChI=1S/C37H34N2O7S4/c1-3-38(24-47-28-11-7-5-8-12-28)26-15-18-31-34(21-26)46-35-22-27(39(4-2)25-48-29-13-9-6-10-14-29)16-19-32(35)37(31)33-20-17-30(49(40,41)42)23-36(33)50(43,44)45/h5-23H,3-4,24-25H2,1-2H3,(H-,40,41,42,43,44,45)/p+1. The Kier molecular flexibility index (Phi) is 10.7. The number of hydrogen-bond acceptors (Lipinski definition) is 8. The molecular weight excluding hydrogens is 713 g/mol. The smallest absolute Gasteiger partial charge is 0.295 e. The number of rotatable bonds is 12. The maximum atomic E-state index is 12.8. The molecule has 0 bridgehead atoms. The van der Waals surface area contributed by atoms with E-state index >= 15 is 0 Å². The molecule has 50 heavy (non-hydrogen) atoms. The normalized spacial score (nSPS) is 12.7. The Labute approximate surface area is 300 Å². The summed E-state index contributed by atoms with van der Waals surface area (Å²) in [7, 11) is -9.71. The van der Waals surface area contributed by atoms with Gasteiger partial charge in [0.2, 0.25) is 5.36 Å². The molecule has 0 fully saturated rings. The van der Waals surface area contributed by atoms with Crippen molar-refractivity contribution in [3.8, 4) is 22.5 Å². The van der Waals surface area contributed by atoms with E-state index in [-0.39, 0.29) is 5.56 Å². The van der Waals surface area contributed by atoms with Crippen molar-refractivity contribution in [3.63, 3.8) is 0 Å². The highest BCUT2D eigenvalue weighted by Crippen LogP contribution is 2.43. The molecule has 0 amide bonds. The minimum atomic E-state index is -4.95. The Morgan fingerprint density at radius 1 is 0.720 bits per heavy atom. The summed E-state index contributed by atoms with van der Waals surface area (Å²) in [4.78, 5) is 3.15. The van der Waals surface area contributed by atoms with Crippen LogP contribution in [0.3, 0.4) is 0 Å². The van der Waals surface area contributed by atoms with Crippen LogP contribution < -0.4 is 14.8 Å². The third-order valence-corrected chi connectivity index (χ3v) is 12.1. The largest absolute Gasteiger partial charge is 0.456 e. The molecule has 2 aliphatic rings. The molecule has 4 aromatic rings. The monoisotopic (exact) mass is 747 g/mol. The summed E-state index contributed by atoms with van der Waals surface area (Å²) < 4.78 is 78.3. The Morgan fingerprint density at radius 2 is 1.38 bits per heavy atom. The van der Waals surface area contributed by atoms with Crippen molar-refractivity contribution >= 4 is 60.4 Å². The molecule has 1 aliphatic carbocycles. The number of thioether (sulfide) groups is 2. The lowest BCUT2D eigenvalue weighted by Crippen LogP contribution is -2.29. The zero-order valence-electron chi connectivity index (χ0n) is 27.3. The van der Waals surface area contributed by atoms with Crippen molar-refractivity contribution in [2.75, 3.05) is 29.7 Å². The maximum absolute atomic E-state index is 12.8. The topological polar surface area (TPSA) is 128 Å². The van der Waals surface area contributed by atoms with Crippen LogP contribution in [0.2, 0.25) is 0 Å². The molecule has 0 saturated carbocycles. The van der Waals surface area contributed by atoms with Gasteiger partial charge < -0.3 is 9.32 Å². The van der Waals surface area contributed by atoms with Gasteiger partial charge in [-0.05, 0) is 68.4 Å². The predicted molar refractivity (Wildman–Crippen MR) is 201 cm³/mol. The van der Waals surface area contributed by atoms with Crippen LogP contribution in [0.4, 0.5) is 5.69 Å². The van der Waals surface area contributed by atoms with Crippen LogP contribution in [0.25, 0.3) is 33.4 Å². The van der Waals surface area contributed by atoms with Gasteiger partial charge in [0.1, 0.15) is 22.8 Å². The second-order valence-electron chi connectivity index (χ2n) is 11.3. The van der Waals surface area contributed by atoms with Crippen molar-refractivity contribution < 1.29 is 30.4 Å². The maximum Gasteiger partial charge on any atom is 0.295 e. The second kappa shape index (κ2) is 15.0. The van der Waals surface area contributed by atoms with Gasteiger partial charge in [0, 0.05) is 56.2 Å². The fourth-order valence-electron chi connectivity index (χ4n) is 5.67. The van der Waals surface area contributed by atoms with Gasteiger partial charge in [0.05, 0.1) is 16.8 Å². The molecule has 0 spiro atoms. The van der Waals surface area contributed by atoms with Crippen molar-refractivity contribution in [1.29, 1.82) is 0 Å². The number of anilines is 1. The van der Waals surface area contributed by atoms with Crippen LogP contribution in [-0.4, -0.2) is 50.8 Å². The van der Waals surface area contributed by atoms with E-state index in [0.717, 1.165) is 33.0 Å². The highest BCUT2D eigenvalue weighted by atomic mass is 32.2. The van der Waals surface area contributed by atoms with Crippen LogP contribution >= 0.6 is 23.5 Å². The summed E-state index contributed by atoms with van der Waals surface area (Å²) >= 11 is 3.40. The summed E-state index contributed by atoms with van der Waals surface area (Å²) in [5, 5.41) is 1.44. The van der Waals surface area contributed by atoms with Crippen LogP contribution in [-0.2, 0) is 20.2 Å². The molecule has 0 saturated heterocycles. The van der Waals surface area contributed by atoms with E-state index < -0.39 is 30.0 Å². The number of hydrogen-bond donors (Lipinski definition) is 2. The van der Waals surface area contributed by atoms with E-state index in [2.05, 4.69) is 47.6 Å². The highest BCUT2D eigenvalue weighted by Gasteiger charge is 2.27. The molecule has 258 valence electrons. The van der Waals surface area contributed by atoms with Gasteiger partial charge in [-0.3, -0.25) is 9.11 Å². The molecule has 1 aliphatic heterocycles. The lowest BCUT2D eigenvalue weighted by Gasteiger charge is -2.24. The summed E-state index contributed by atoms with van der Waals surface area (Å²) in [6.07, 6.45) is 0. The third kappa shape index (κ3) is 7.93. The Balaban J connectivity index is 1.56. The number of nitrogens with zero attached hydrogens (tertiary/aromatic N) is 2. The van der Waals surface area contributed by atoms with Gasteiger partial charge in [-0.2, -0.15) is 16.8 Å². The highest BCUT2D eigenvalue weighted by molar-refractivity contribution is 7.99. The molecule has 0 aromatic heterocycles. The van der Waals surface area contributed by atoms with Crippen molar-refractivity contribution in [2.24, 2.45) is 0 Å². The number of fused-ring (bicyclic) bond motifs is 2. The van der Waals surface area contributed by atoms with Crippen LogP contribution in [0, 0.1) is 0 Å². The molecular formula is C37H35N2O7S4+. The first kappa shape index (κ1) is 35.7. The average molecular weight is 748 g/mol. The predicted octanol–water partition coefficient (Wildman–Crippen LogP) is 7.82. The molecule has 9 nitrogen and oxygen atoms in total. The number of benzene rings is 5. The zero-order chi connectivity index (χ0) is 35.5. The summed E-state index contributed by atoms with van der Waals surface area (Å²) in [5.41, 5.74) is 2.40. The van der Waals surface area contributed by atoms with E-state index in [1.54, 1.807) is 23.5 Å². The van der Waals surface area contributed by atoms with Gasteiger partial charge in [-0.25, -0.2) is 4.58 Å². The van der Waals surface area contributed by atoms with Gasteiger partial charge >= 0.3 is 0 Å². The zero-order valence-corrected chi connectivity index (χ0v) is 30.5. The Bertz CT molecular complexity index is 2420. The minimum Gasteiger partial charge on any atom is -0.456 e. The van der Waals surface area contributed by atoms with E-state index in [9.17, 15) is 25.9 Å². The SMILES string of the molecule is CCN(CSc1ccccc1)c1ccc2c(-c3ccc(S(=O)(=O)O)cc3S(=O)(=O)O)c3cc/c(=[N+](\CC)CSc4ccccc4)cc-3oc2c1. The van der Waals surface area contributed by atoms with E-state index in [1.165, 1.54) is 6.07 Å². The molecule has 1 heterocycles. The first-order valence-corrected chi connectivity index (χ1v) is 20.6. The van der Waals surface area contributed by atoms with Crippen molar-refractivity contribution in [3.05, 3.63) is 121 Å². The van der Waals surface area contributed by atoms with Crippen LogP contribution in [0.15, 0.2) is 139 Å². The lowest BCUT2D eigenvalue weighted by molar-refractivity contribution is 0.481. The van der Waals surface area contributed by atoms with Crippen molar-refractivity contribution in [2.45, 2.75) is 33.4 Å². The third-order valence-electron chi connectivity index (χ3n) is 8.24.